The van der Waals surface area contributed by atoms with Gasteiger partial charge in [-0.05, 0) is 70.6 Å². The second-order valence-electron chi connectivity index (χ2n) is 5.68. The van der Waals surface area contributed by atoms with Gasteiger partial charge in [0.15, 0.2) is 0 Å². The van der Waals surface area contributed by atoms with Crippen LogP contribution in [0.3, 0.4) is 0 Å². The van der Waals surface area contributed by atoms with E-state index in [0.717, 1.165) is 9.13 Å². The van der Waals surface area contributed by atoms with Gasteiger partial charge in [0.1, 0.15) is 11.6 Å². The van der Waals surface area contributed by atoms with Crippen molar-refractivity contribution in [3.8, 4) is 0 Å². The molecule has 0 aliphatic rings. The number of rotatable bonds is 6. The van der Waals surface area contributed by atoms with Gasteiger partial charge in [-0.2, -0.15) is 9.97 Å². The Morgan fingerprint density at radius 1 is 0.719 bits per heavy atom. The van der Waals surface area contributed by atoms with E-state index in [2.05, 4.69) is 9.97 Å². The van der Waals surface area contributed by atoms with E-state index in [1.54, 1.807) is 38.2 Å². The summed E-state index contributed by atoms with van der Waals surface area (Å²) in [6, 6.07) is 0. The van der Waals surface area contributed by atoms with Crippen LogP contribution in [0.4, 0.5) is 0 Å². The largest absolute Gasteiger partial charge is 0.353 e. The predicted molar refractivity (Wildman–Crippen MR) is 139 cm³/mol. The molecule has 180 valence electrons. The highest BCUT2D eigenvalue weighted by atomic mass is 31.1. The van der Waals surface area contributed by atoms with E-state index < -0.39 is 11.4 Å². The first-order chi connectivity index (χ1) is 14.3. The molecule has 2 rings (SSSR count). The minimum atomic E-state index is -0.481. The van der Waals surface area contributed by atoms with Gasteiger partial charge >= 0.3 is 22.8 Å². The van der Waals surface area contributed by atoms with E-state index in [1.807, 2.05) is 27.2 Å². The average Bonchev–Trinajstić information content (AvgIpc) is 2.70. The van der Waals surface area contributed by atoms with E-state index in [4.69, 9.17) is 0 Å². The van der Waals surface area contributed by atoms with Crippen LogP contribution in [0.1, 0.15) is 54.2 Å². The molecule has 0 saturated heterocycles. The van der Waals surface area contributed by atoms with Crippen molar-refractivity contribution in [2.45, 2.75) is 55.6 Å². The van der Waals surface area contributed by atoms with E-state index in [9.17, 15) is 19.2 Å². The summed E-state index contributed by atoms with van der Waals surface area (Å²) < 4.78 is 5.27. The zero-order valence-corrected chi connectivity index (χ0v) is 20.0. The first kappa shape index (κ1) is 31.7. The summed E-state index contributed by atoms with van der Waals surface area (Å²) in [6.07, 6.45) is 6.85. The molecule has 0 bridgehead atoms. The van der Waals surface area contributed by atoms with Crippen LogP contribution < -0.4 is 22.8 Å². The third kappa shape index (κ3) is 7.31. The van der Waals surface area contributed by atoms with Crippen molar-refractivity contribution in [1.82, 2.24) is 27.8 Å². The van der Waals surface area contributed by atoms with E-state index in [1.165, 1.54) is 8.68 Å². The Morgan fingerprint density at radius 3 is 1.25 bits per heavy atom. The summed E-state index contributed by atoms with van der Waals surface area (Å²) in [4.78, 5) is 54.2. The van der Waals surface area contributed by atoms with Crippen LogP contribution >= 0.6 is 17.5 Å². The molecule has 0 aromatic carbocycles. The lowest BCUT2D eigenvalue weighted by Crippen LogP contribution is -2.40. The second kappa shape index (κ2) is 15.4. The van der Waals surface area contributed by atoms with Gasteiger partial charge in [-0.15, -0.1) is 0 Å². The summed E-state index contributed by atoms with van der Waals surface area (Å²) >= 11 is 0. The molecule has 2 unspecified atom stereocenters. The molecule has 0 saturated carbocycles. The van der Waals surface area contributed by atoms with Crippen LogP contribution in [0.15, 0.2) is 31.3 Å². The van der Waals surface area contributed by atoms with Crippen LogP contribution in [-0.4, -0.2) is 41.1 Å². The number of hydrogen-bond donors (Lipinski definition) is 0. The second-order valence-corrected chi connectivity index (χ2v) is 7.47. The van der Waals surface area contributed by atoms with Crippen LogP contribution in [0.2, 0.25) is 0 Å². The fourth-order valence-electron chi connectivity index (χ4n) is 2.50. The molecule has 32 heavy (non-hydrogen) atoms. The smallest absolute Gasteiger partial charge is 0.259 e. The van der Waals surface area contributed by atoms with Gasteiger partial charge in [-0.25, -0.2) is 28.3 Å². The molecule has 0 aliphatic heterocycles. The molecule has 0 aliphatic carbocycles. The van der Waals surface area contributed by atoms with Crippen molar-refractivity contribution in [3.63, 3.8) is 0 Å². The minimum absolute atomic E-state index is 0. The van der Waals surface area contributed by atoms with Crippen LogP contribution in [0, 0.1) is 0 Å². The quantitative estimate of drug-likeness (QED) is 0.579. The van der Waals surface area contributed by atoms with Crippen molar-refractivity contribution in [2.75, 3.05) is 13.3 Å². The number of allylic oxidation sites excluding steroid dienone is 2. The Bertz CT molecular complexity index is 1070. The molecule has 0 fully saturated rings. The van der Waals surface area contributed by atoms with Gasteiger partial charge in [0, 0.05) is 13.1 Å². The first-order valence-corrected chi connectivity index (χ1v) is 12.3. The Balaban J connectivity index is 0. The maximum Gasteiger partial charge on any atom is 0.353 e. The average molecular weight is 486 g/mol. The standard InChI is InChI=1S/2C9H14N3O2P.2CH4/c2*1-4-6-7-10-8(13)11(5-2)9(14)12(7)15-3;;/h2*4,6,15H,5H2,1-3H3;2*1H4/b2*6-4+;;. The van der Waals surface area contributed by atoms with Gasteiger partial charge in [0.05, 0.1) is 0 Å². The molecule has 2 atom stereocenters. The van der Waals surface area contributed by atoms with Gasteiger partial charge in [0.2, 0.25) is 0 Å². The highest BCUT2D eigenvalue weighted by Gasteiger charge is 2.09. The topological polar surface area (TPSA) is 114 Å². The van der Waals surface area contributed by atoms with Crippen LogP contribution in [-0.2, 0) is 13.1 Å². The summed E-state index contributed by atoms with van der Waals surface area (Å²) in [5.74, 6) is 0.857. The van der Waals surface area contributed by atoms with Crippen molar-refractivity contribution >= 4 is 29.6 Å². The molecule has 0 radical (unpaired) electrons. The predicted octanol–water partition coefficient (Wildman–Crippen LogP) is 2.33. The lowest BCUT2D eigenvalue weighted by atomic mass is 10.5. The van der Waals surface area contributed by atoms with Crippen molar-refractivity contribution < 1.29 is 0 Å². The SMILES string of the molecule is C.C.C/C=C/c1nc(=O)n(CC)c(=O)n1PC.C/C=C/c1nc(=O)n(CC)c(=O)n1PC. The molecule has 0 amide bonds. The first-order valence-electron chi connectivity index (χ1n) is 9.39. The Hall–Kier alpha value is -2.44. The molecule has 0 spiro atoms. The molecule has 2 heterocycles. The summed E-state index contributed by atoms with van der Waals surface area (Å²) in [6.45, 7) is 11.6. The highest BCUT2D eigenvalue weighted by molar-refractivity contribution is 7.35. The van der Waals surface area contributed by atoms with Crippen molar-refractivity contribution in [1.29, 1.82) is 0 Å². The molecule has 0 N–H and O–H groups in total. The molecular formula is C20H36N6O4P2. The van der Waals surface area contributed by atoms with Gasteiger partial charge in [-0.1, -0.05) is 27.0 Å². The van der Waals surface area contributed by atoms with Crippen molar-refractivity contribution in [3.05, 3.63) is 65.7 Å². The molecule has 2 aromatic rings. The Morgan fingerprint density at radius 2 is 1.03 bits per heavy atom. The van der Waals surface area contributed by atoms with Crippen molar-refractivity contribution in [2.24, 2.45) is 0 Å². The molecular weight excluding hydrogens is 450 g/mol. The summed E-state index contributed by atoms with van der Waals surface area (Å²) in [5, 5.41) is 0. The third-order valence-electron chi connectivity index (χ3n) is 3.90. The van der Waals surface area contributed by atoms with Gasteiger partial charge in [-0.3, -0.25) is 8.68 Å². The molecule has 2 aromatic heterocycles. The molecule has 10 nitrogen and oxygen atoms in total. The normalized spacial score (nSPS) is 11.2. The van der Waals surface area contributed by atoms with Gasteiger partial charge in [0.25, 0.3) is 0 Å². The molecule has 12 heteroatoms. The zero-order chi connectivity index (χ0) is 22.8. The Labute approximate surface area is 192 Å². The van der Waals surface area contributed by atoms with Crippen LogP contribution in [0.25, 0.3) is 12.2 Å². The van der Waals surface area contributed by atoms with E-state index in [-0.39, 0.29) is 43.7 Å². The summed E-state index contributed by atoms with van der Waals surface area (Å²) in [5.41, 5.74) is -1.53. The van der Waals surface area contributed by atoms with Crippen LogP contribution in [0.5, 0.6) is 0 Å². The highest BCUT2D eigenvalue weighted by Crippen LogP contribution is 2.08. The maximum absolute atomic E-state index is 11.8. The number of nitrogens with zero attached hydrogens (tertiary/aromatic N) is 6. The third-order valence-corrected chi connectivity index (χ3v) is 5.63. The Kier molecular flexibility index (Phi) is 15.3. The van der Waals surface area contributed by atoms with Gasteiger partial charge < -0.3 is 0 Å². The minimum Gasteiger partial charge on any atom is -0.259 e. The number of aromatic nitrogens is 6. The summed E-state index contributed by atoms with van der Waals surface area (Å²) in [7, 11) is 0.528. The fraction of sp³-hybridized carbons (Fsp3) is 0.500. The lowest BCUT2D eigenvalue weighted by Gasteiger charge is -2.08. The zero-order valence-electron chi connectivity index (χ0n) is 18.0. The lowest BCUT2D eigenvalue weighted by molar-refractivity contribution is 0.628. The van der Waals surface area contributed by atoms with E-state index >= 15 is 0 Å². The maximum atomic E-state index is 11.8. The van der Waals surface area contributed by atoms with E-state index in [0.29, 0.717) is 24.7 Å². The monoisotopic (exact) mass is 486 g/mol. The number of hydrogen-bond acceptors (Lipinski definition) is 6. The fourth-order valence-corrected chi connectivity index (χ4v) is 3.83.